The molecule has 1 aliphatic heterocycles. The molecule has 0 amide bonds. The highest BCUT2D eigenvalue weighted by atomic mass is 28.4. The second kappa shape index (κ2) is 6.09. The number of carbonyl (C=O) groups is 1. The molecule has 1 N–H and O–H groups in total. The first-order chi connectivity index (χ1) is 8.63. The Morgan fingerprint density at radius 3 is 2.63 bits per heavy atom. The first-order valence-electron chi connectivity index (χ1n) is 6.95. The second-order valence-electron chi connectivity index (χ2n) is 6.71. The lowest BCUT2D eigenvalue weighted by atomic mass is 10.1. The van der Waals surface area contributed by atoms with Crippen LogP contribution >= 0.6 is 0 Å². The lowest BCUT2D eigenvalue weighted by Gasteiger charge is -2.37. The molecule has 0 aromatic rings. The van der Waals surface area contributed by atoms with Crippen LogP contribution in [0.5, 0.6) is 0 Å². The van der Waals surface area contributed by atoms with Crippen molar-refractivity contribution in [2.24, 2.45) is 0 Å². The largest absolute Gasteiger partial charge is 0.478 e. The quantitative estimate of drug-likeness (QED) is 0.789. The minimum atomic E-state index is -1.69. The molecular weight excluding hydrogens is 258 g/mol. The fourth-order valence-electron chi connectivity index (χ4n) is 1.80. The standard InChI is InChI=1S/C14H27NO3Si/c1-14(2,3)19(4,5)18-10-9-15-8-6-7-12(11-15)13(16)17/h11H,6-10H2,1-5H3,(H,16,17). The molecule has 0 radical (unpaired) electrons. The molecule has 0 aromatic heterocycles. The third-order valence-electron chi connectivity index (χ3n) is 4.15. The van der Waals surface area contributed by atoms with E-state index in [1.807, 2.05) is 0 Å². The Morgan fingerprint density at radius 1 is 1.47 bits per heavy atom. The molecule has 4 nitrogen and oxygen atoms in total. The van der Waals surface area contributed by atoms with Crippen molar-refractivity contribution in [3.05, 3.63) is 11.8 Å². The van der Waals surface area contributed by atoms with Gasteiger partial charge in [0.05, 0.1) is 12.2 Å². The van der Waals surface area contributed by atoms with Crippen LogP contribution in [0.1, 0.15) is 33.6 Å². The van der Waals surface area contributed by atoms with Crippen molar-refractivity contribution in [2.45, 2.75) is 51.7 Å². The molecule has 5 heteroatoms. The Bertz CT molecular complexity index is 358. The van der Waals surface area contributed by atoms with Crippen molar-refractivity contribution in [3.63, 3.8) is 0 Å². The van der Waals surface area contributed by atoms with Gasteiger partial charge in [-0.2, -0.15) is 0 Å². The molecule has 0 saturated heterocycles. The summed E-state index contributed by atoms with van der Waals surface area (Å²) < 4.78 is 6.11. The van der Waals surface area contributed by atoms with Crippen LogP contribution in [0.15, 0.2) is 11.8 Å². The molecule has 0 bridgehead atoms. The minimum absolute atomic E-state index is 0.219. The van der Waals surface area contributed by atoms with Crippen molar-refractivity contribution < 1.29 is 14.3 Å². The Balaban J connectivity index is 2.46. The molecule has 0 atom stereocenters. The topological polar surface area (TPSA) is 49.8 Å². The average Bonchev–Trinajstić information content (AvgIpc) is 2.27. The van der Waals surface area contributed by atoms with Crippen molar-refractivity contribution >= 4 is 14.3 Å². The Morgan fingerprint density at radius 2 is 2.11 bits per heavy atom. The van der Waals surface area contributed by atoms with Gasteiger partial charge in [-0.05, 0) is 31.0 Å². The van der Waals surface area contributed by atoms with Gasteiger partial charge in [0, 0.05) is 19.3 Å². The van der Waals surface area contributed by atoms with Crippen LogP contribution in [-0.4, -0.2) is 44.0 Å². The third-order valence-corrected chi connectivity index (χ3v) is 8.69. The van der Waals surface area contributed by atoms with Crippen LogP contribution in [-0.2, 0) is 9.22 Å². The Hall–Kier alpha value is -0.813. The first kappa shape index (κ1) is 16.2. The van der Waals surface area contributed by atoms with Crippen LogP contribution in [0.25, 0.3) is 0 Å². The normalized spacial score (nSPS) is 17.3. The molecule has 1 aliphatic rings. The average molecular weight is 285 g/mol. The van der Waals surface area contributed by atoms with Crippen molar-refractivity contribution in [1.29, 1.82) is 0 Å². The highest BCUT2D eigenvalue weighted by molar-refractivity contribution is 6.74. The molecule has 0 saturated carbocycles. The maximum Gasteiger partial charge on any atom is 0.333 e. The SMILES string of the molecule is CC(C)(C)[Si](C)(C)OCCN1C=C(C(=O)O)CCC1. The number of hydrogen-bond donors (Lipinski definition) is 1. The molecule has 0 spiro atoms. The van der Waals surface area contributed by atoms with Gasteiger partial charge in [-0.3, -0.25) is 0 Å². The molecule has 0 fully saturated rings. The zero-order valence-electron chi connectivity index (χ0n) is 12.8. The van der Waals surface area contributed by atoms with E-state index in [1.54, 1.807) is 6.20 Å². The molecule has 0 aliphatic carbocycles. The summed E-state index contributed by atoms with van der Waals surface area (Å²) >= 11 is 0. The van der Waals surface area contributed by atoms with Crippen molar-refractivity contribution in [3.8, 4) is 0 Å². The van der Waals surface area contributed by atoms with E-state index in [1.165, 1.54) is 0 Å². The monoisotopic (exact) mass is 285 g/mol. The summed E-state index contributed by atoms with van der Waals surface area (Å²) in [6.45, 7) is 13.5. The van der Waals surface area contributed by atoms with E-state index >= 15 is 0 Å². The Kier molecular flexibility index (Phi) is 5.21. The van der Waals surface area contributed by atoms with Crippen LogP contribution in [0.3, 0.4) is 0 Å². The van der Waals surface area contributed by atoms with Gasteiger partial charge in [-0.15, -0.1) is 0 Å². The summed E-state index contributed by atoms with van der Waals surface area (Å²) in [4.78, 5) is 13.0. The van der Waals surface area contributed by atoms with Crippen LogP contribution in [0, 0.1) is 0 Å². The lowest BCUT2D eigenvalue weighted by Crippen LogP contribution is -2.42. The number of rotatable bonds is 5. The van der Waals surface area contributed by atoms with Gasteiger partial charge in [0.2, 0.25) is 0 Å². The van der Waals surface area contributed by atoms with Gasteiger partial charge in [-0.25, -0.2) is 4.79 Å². The zero-order valence-corrected chi connectivity index (χ0v) is 13.8. The summed E-state index contributed by atoms with van der Waals surface area (Å²) in [6.07, 6.45) is 3.37. The van der Waals surface area contributed by atoms with E-state index in [0.29, 0.717) is 18.6 Å². The van der Waals surface area contributed by atoms with Gasteiger partial charge in [0.1, 0.15) is 0 Å². The van der Waals surface area contributed by atoms with Crippen LogP contribution in [0.2, 0.25) is 18.1 Å². The molecule has 1 rings (SSSR count). The molecule has 110 valence electrons. The van der Waals surface area contributed by atoms with E-state index in [0.717, 1.165) is 19.5 Å². The van der Waals surface area contributed by atoms with Crippen LogP contribution < -0.4 is 0 Å². The highest BCUT2D eigenvalue weighted by Crippen LogP contribution is 2.36. The van der Waals surface area contributed by atoms with E-state index < -0.39 is 14.3 Å². The molecule has 0 aromatic carbocycles. The first-order valence-corrected chi connectivity index (χ1v) is 9.86. The number of carboxylic acid groups (broad SMARTS) is 1. The zero-order chi connectivity index (χ0) is 14.7. The molecular formula is C14H27NO3Si. The third kappa shape index (κ3) is 4.65. The summed E-state index contributed by atoms with van der Waals surface area (Å²) in [6, 6.07) is 0. The molecule has 19 heavy (non-hydrogen) atoms. The van der Waals surface area contributed by atoms with Crippen molar-refractivity contribution in [1.82, 2.24) is 4.90 Å². The summed E-state index contributed by atoms with van der Waals surface area (Å²) in [5, 5.41) is 9.22. The smallest absolute Gasteiger partial charge is 0.333 e. The fraction of sp³-hybridized carbons (Fsp3) is 0.786. The van der Waals surface area contributed by atoms with Gasteiger partial charge in [0.25, 0.3) is 0 Å². The maximum absolute atomic E-state index is 10.9. The summed E-state index contributed by atoms with van der Waals surface area (Å²) in [7, 11) is -1.69. The predicted octanol–water partition coefficient (Wildman–Crippen LogP) is 3.07. The Labute approximate surface area is 117 Å². The minimum Gasteiger partial charge on any atom is -0.478 e. The molecule has 0 unspecified atom stereocenters. The fourth-order valence-corrected chi connectivity index (χ4v) is 2.83. The van der Waals surface area contributed by atoms with Gasteiger partial charge < -0.3 is 14.4 Å². The van der Waals surface area contributed by atoms with E-state index in [4.69, 9.17) is 9.53 Å². The van der Waals surface area contributed by atoms with Gasteiger partial charge in [-0.1, -0.05) is 20.8 Å². The van der Waals surface area contributed by atoms with Crippen molar-refractivity contribution in [2.75, 3.05) is 19.7 Å². The summed E-state index contributed by atoms with van der Waals surface area (Å²) in [5.41, 5.74) is 0.513. The maximum atomic E-state index is 10.9. The predicted molar refractivity (Wildman–Crippen MR) is 79.7 cm³/mol. The van der Waals surface area contributed by atoms with E-state index in [-0.39, 0.29) is 5.04 Å². The number of carboxylic acids is 1. The number of hydrogen-bond acceptors (Lipinski definition) is 3. The van der Waals surface area contributed by atoms with E-state index in [2.05, 4.69) is 38.8 Å². The van der Waals surface area contributed by atoms with Gasteiger partial charge in [0.15, 0.2) is 8.32 Å². The number of aliphatic carboxylic acids is 1. The van der Waals surface area contributed by atoms with E-state index in [9.17, 15) is 4.79 Å². The highest BCUT2D eigenvalue weighted by Gasteiger charge is 2.36. The lowest BCUT2D eigenvalue weighted by molar-refractivity contribution is -0.133. The molecule has 1 heterocycles. The van der Waals surface area contributed by atoms with Gasteiger partial charge >= 0.3 is 5.97 Å². The summed E-state index contributed by atoms with van der Waals surface area (Å²) in [5.74, 6) is -0.796. The van der Waals surface area contributed by atoms with Crippen LogP contribution in [0.4, 0.5) is 0 Å². The second-order valence-corrected chi connectivity index (χ2v) is 11.5. The number of nitrogens with zero attached hydrogens (tertiary/aromatic N) is 1.